The molecule has 2 heterocycles. The second kappa shape index (κ2) is 6.79. The molecule has 2 aromatic heterocycles. The Bertz CT molecular complexity index is 593. The van der Waals surface area contributed by atoms with Gasteiger partial charge >= 0.3 is 0 Å². The Hall–Kier alpha value is -1.49. The average molecular weight is 336 g/mol. The van der Waals surface area contributed by atoms with E-state index in [0.29, 0.717) is 12.8 Å². The van der Waals surface area contributed by atoms with Crippen molar-refractivity contribution in [1.82, 2.24) is 14.8 Å². The van der Waals surface area contributed by atoms with Gasteiger partial charge in [0.05, 0.1) is 15.9 Å². The number of rotatable bonds is 6. The first-order chi connectivity index (χ1) is 9.65. The zero-order valence-electron chi connectivity index (χ0n) is 11.8. The van der Waals surface area contributed by atoms with Gasteiger partial charge in [-0.2, -0.15) is 5.10 Å². The number of Topliss-reactive ketones (excluding diaryl/α,β-unsaturated/α-hetero) is 1. The lowest BCUT2D eigenvalue weighted by atomic mass is 10.1. The van der Waals surface area contributed by atoms with E-state index in [0.717, 1.165) is 34.4 Å². The highest BCUT2D eigenvalue weighted by Gasteiger charge is 2.16. The maximum Gasteiger partial charge on any atom is 0.143 e. The number of hydrogen-bond donors (Lipinski definition) is 0. The van der Waals surface area contributed by atoms with Crippen LogP contribution in [0, 0.1) is 0 Å². The minimum atomic E-state index is 0.189. The summed E-state index contributed by atoms with van der Waals surface area (Å²) in [6.45, 7) is 4.88. The Kier molecular flexibility index (Phi) is 5.06. The number of pyridine rings is 1. The summed E-state index contributed by atoms with van der Waals surface area (Å²) in [6.07, 6.45) is 5.13. The van der Waals surface area contributed by atoms with Gasteiger partial charge in [0.15, 0.2) is 0 Å². The number of aryl methyl sites for hydroxylation is 2. The molecule has 4 nitrogen and oxygen atoms in total. The van der Waals surface area contributed by atoms with Crippen LogP contribution < -0.4 is 0 Å². The Morgan fingerprint density at radius 1 is 1.25 bits per heavy atom. The monoisotopic (exact) mass is 335 g/mol. The molecule has 2 rings (SSSR count). The largest absolute Gasteiger partial charge is 0.299 e. The fourth-order valence-corrected chi connectivity index (χ4v) is 2.87. The predicted molar refractivity (Wildman–Crippen MR) is 81.6 cm³/mol. The molecule has 5 heteroatoms. The highest BCUT2D eigenvalue weighted by molar-refractivity contribution is 9.10. The number of ketones is 1. The highest BCUT2D eigenvalue weighted by Crippen LogP contribution is 2.23. The zero-order chi connectivity index (χ0) is 14.5. The third kappa shape index (κ3) is 3.33. The van der Waals surface area contributed by atoms with Crippen LogP contribution in [0.5, 0.6) is 0 Å². The Morgan fingerprint density at radius 2 is 1.95 bits per heavy atom. The quantitative estimate of drug-likeness (QED) is 0.815. The molecule has 0 aliphatic heterocycles. The smallest absolute Gasteiger partial charge is 0.143 e. The van der Waals surface area contributed by atoms with Gasteiger partial charge in [-0.15, -0.1) is 0 Å². The van der Waals surface area contributed by atoms with E-state index in [9.17, 15) is 4.79 Å². The van der Waals surface area contributed by atoms with Gasteiger partial charge in [-0.3, -0.25) is 14.5 Å². The fraction of sp³-hybridized carbons (Fsp3) is 0.400. The van der Waals surface area contributed by atoms with Crippen LogP contribution in [0.3, 0.4) is 0 Å². The van der Waals surface area contributed by atoms with Gasteiger partial charge in [0, 0.05) is 31.8 Å². The molecule has 0 saturated heterocycles. The summed E-state index contributed by atoms with van der Waals surface area (Å²) in [4.78, 5) is 16.2. The second-order valence-electron chi connectivity index (χ2n) is 4.62. The van der Waals surface area contributed by atoms with Crippen molar-refractivity contribution < 1.29 is 4.79 Å². The molecule has 0 radical (unpaired) electrons. The van der Waals surface area contributed by atoms with E-state index in [4.69, 9.17) is 0 Å². The van der Waals surface area contributed by atoms with E-state index in [2.05, 4.69) is 32.9 Å². The summed E-state index contributed by atoms with van der Waals surface area (Å²) in [5.74, 6) is 0.189. The van der Waals surface area contributed by atoms with Crippen molar-refractivity contribution in [3.05, 3.63) is 46.0 Å². The standard InChI is InChI=1S/C15H18BrN3O/c1-3-13-15(16)14(19(4-2)18-13)10-12(20)9-11-5-7-17-8-6-11/h5-8H,3-4,9-10H2,1-2H3. The number of aromatic nitrogens is 3. The van der Waals surface area contributed by atoms with E-state index in [1.165, 1.54) is 0 Å². The lowest BCUT2D eigenvalue weighted by Crippen LogP contribution is -2.12. The van der Waals surface area contributed by atoms with Crippen molar-refractivity contribution in [2.45, 2.75) is 39.7 Å². The average Bonchev–Trinajstić information content (AvgIpc) is 2.76. The van der Waals surface area contributed by atoms with E-state index >= 15 is 0 Å². The SMILES string of the molecule is CCc1nn(CC)c(CC(=O)Cc2ccncc2)c1Br. The fourth-order valence-electron chi connectivity index (χ4n) is 2.16. The molecule has 2 aromatic rings. The summed E-state index contributed by atoms with van der Waals surface area (Å²) >= 11 is 3.57. The molecule has 0 fully saturated rings. The van der Waals surface area contributed by atoms with Crippen molar-refractivity contribution in [1.29, 1.82) is 0 Å². The van der Waals surface area contributed by atoms with Crippen LogP contribution in [-0.2, 0) is 30.6 Å². The van der Waals surface area contributed by atoms with Crippen LogP contribution in [0.2, 0.25) is 0 Å². The van der Waals surface area contributed by atoms with Crippen LogP contribution >= 0.6 is 15.9 Å². The molecule has 0 unspecified atom stereocenters. The van der Waals surface area contributed by atoms with Gasteiger partial charge < -0.3 is 0 Å². The molecule has 0 spiro atoms. The molecule has 0 atom stereocenters. The Balaban J connectivity index is 2.13. The number of nitrogens with zero attached hydrogens (tertiary/aromatic N) is 3. The van der Waals surface area contributed by atoms with Crippen molar-refractivity contribution >= 4 is 21.7 Å². The molecular weight excluding hydrogens is 318 g/mol. The number of halogens is 1. The van der Waals surface area contributed by atoms with E-state index < -0.39 is 0 Å². The summed E-state index contributed by atoms with van der Waals surface area (Å²) in [7, 11) is 0. The Morgan fingerprint density at radius 3 is 2.55 bits per heavy atom. The third-order valence-corrected chi connectivity index (χ3v) is 4.12. The van der Waals surface area contributed by atoms with Crippen molar-refractivity contribution in [3.8, 4) is 0 Å². The molecule has 20 heavy (non-hydrogen) atoms. The molecular formula is C15H18BrN3O. The minimum Gasteiger partial charge on any atom is -0.299 e. The summed E-state index contributed by atoms with van der Waals surface area (Å²) in [5, 5.41) is 4.51. The maximum absolute atomic E-state index is 12.2. The Labute approximate surface area is 127 Å². The first-order valence-corrected chi connectivity index (χ1v) is 7.59. The molecule has 0 aliphatic rings. The minimum absolute atomic E-state index is 0.189. The van der Waals surface area contributed by atoms with Crippen LogP contribution in [0.1, 0.15) is 30.8 Å². The maximum atomic E-state index is 12.2. The van der Waals surface area contributed by atoms with Gasteiger partial charge in [0.25, 0.3) is 0 Å². The molecule has 0 bridgehead atoms. The molecule has 0 aromatic carbocycles. The van der Waals surface area contributed by atoms with Crippen molar-refractivity contribution in [2.75, 3.05) is 0 Å². The lowest BCUT2D eigenvalue weighted by molar-refractivity contribution is -0.117. The molecule has 0 N–H and O–H groups in total. The topological polar surface area (TPSA) is 47.8 Å². The highest BCUT2D eigenvalue weighted by atomic mass is 79.9. The molecule has 0 amide bonds. The van der Waals surface area contributed by atoms with Gasteiger partial charge in [0.2, 0.25) is 0 Å². The van der Waals surface area contributed by atoms with Crippen LogP contribution in [0.4, 0.5) is 0 Å². The van der Waals surface area contributed by atoms with Crippen molar-refractivity contribution in [2.24, 2.45) is 0 Å². The second-order valence-corrected chi connectivity index (χ2v) is 5.42. The third-order valence-electron chi connectivity index (χ3n) is 3.21. The number of carbonyl (C=O) groups excluding carboxylic acids is 1. The zero-order valence-corrected chi connectivity index (χ0v) is 13.4. The van der Waals surface area contributed by atoms with Gasteiger partial charge in [-0.25, -0.2) is 0 Å². The van der Waals surface area contributed by atoms with E-state index in [-0.39, 0.29) is 5.78 Å². The van der Waals surface area contributed by atoms with Crippen LogP contribution in [0.15, 0.2) is 29.0 Å². The van der Waals surface area contributed by atoms with Gasteiger partial charge in [-0.05, 0) is 47.0 Å². The summed E-state index contributed by atoms with van der Waals surface area (Å²) < 4.78 is 2.89. The van der Waals surface area contributed by atoms with Crippen LogP contribution in [0.25, 0.3) is 0 Å². The summed E-state index contributed by atoms with van der Waals surface area (Å²) in [5.41, 5.74) is 2.99. The molecule has 106 valence electrons. The summed E-state index contributed by atoms with van der Waals surface area (Å²) in [6, 6.07) is 3.75. The number of hydrogen-bond acceptors (Lipinski definition) is 3. The first-order valence-electron chi connectivity index (χ1n) is 6.80. The molecule has 0 aliphatic carbocycles. The van der Waals surface area contributed by atoms with Crippen LogP contribution in [-0.4, -0.2) is 20.5 Å². The normalized spacial score (nSPS) is 10.8. The van der Waals surface area contributed by atoms with Crippen molar-refractivity contribution in [3.63, 3.8) is 0 Å². The number of carbonyl (C=O) groups is 1. The molecule has 0 saturated carbocycles. The van der Waals surface area contributed by atoms with E-state index in [1.807, 2.05) is 23.7 Å². The van der Waals surface area contributed by atoms with Gasteiger partial charge in [-0.1, -0.05) is 6.92 Å². The van der Waals surface area contributed by atoms with Gasteiger partial charge in [0.1, 0.15) is 5.78 Å². The lowest BCUT2D eigenvalue weighted by Gasteiger charge is -2.05. The predicted octanol–water partition coefficient (Wildman–Crippen LogP) is 2.98. The van der Waals surface area contributed by atoms with E-state index in [1.54, 1.807) is 12.4 Å². The first kappa shape index (κ1) is 14.9.